The van der Waals surface area contributed by atoms with Crippen molar-refractivity contribution >= 4 is 60.7 Å². The maximum atomic E-state index is 4.83. The van der Waals surface area contributed by atoms with Crippen LogP contribution in [-0.2, 0) is 0 Å². The lowest BCUT2D eigenvalue weighted by Gasteiger charge is -2.20. The molecule has 1 aromatic heterocycles. The molecule has 4 nitrogen and oxygen atoms in total. The summed E-state index contributed by atoms with van der Waals surface area (Å²) in [4.78, 5) is 12.0. The fourth-order valence-corrected chi connectivity index (χ4v) is 4.73. The van der Waals surface area contributed by atoms with Crippen LogP contribution in [0, 0.1) is 0 Å². The van der Waals surface area contributed by atoms with Gasteiger partial charge in [-0.05, 0) is 75.3 Å². The number of benzene rings is 2. The number of anilines is 1. The number of hydrogen-bond acceptors (Lipinski definition) is 4. The van der Waals surface area contributed by atoms with E-state index in [9.17, 15) is 0 Å². The van der Waals surface area contributed by atoms with Gasteiger partial charge < -0.3 is 10.2 Å². The molecular weight excluding hydrogens is 516 g/mol. The van der Waals surface area contributed by atoms with Gasteiger partial charge in [-0.2, -0.15) is 0 Å². The van der Waals surface area contributed by atoms with Gasteiger partial charge in [0.15, 0.2) is 5.82 Å². The SMILES string of the molecule is CCN(CC)CCC[C@@H](C)Nc1nc(/C=C/c2ccc(Br)cc2Br)nc2ccccc12. The zero-order valence-electron chi connectivity index (χ0n) is 18.4. The Morgan fingerprint density at radius 3 is 2.55 bits per heavy atom. The summed E-state index contributed by atoms with van der Waals surface area (Å²) in [7, 11) is 0. The third-order valence-electron chi connectivity index (χ3n) is 5.38. The number of nitrogens with one attached hydrogen (secondary N) is 1. The van der Waals surface area contributed by atoms with Crippen LogP contribution in [0.1, 0.15) is 45.0 Å². The van der Waals surface area contributed by atoms with Crippen LogP contribution in [0.2, 0.25) is 0 Å². The van der Waals surface area contributed by atoms with Crippen LogP contribution in [0.3, 0.4) is 0 Å². The van der Waals surface area contributed by atoms with Gasteiger partial charge in [0, 0.05) is 20.4 Å². The van der Waals surface area contributed by atoms with Gasteiger partial charge >= 0.3 is 0 Å². The molecule has 0 aliphatic carbocycles. The highest BCUT2D eigenvalue weighted by molar-refractivity contribution is 9.11. The second-order valence-corrected chi connectivity index (χ2v) is 9.43. The van der Waals surface area contributed by atoms with Crippen molar-refractivity contribution in [1.29, 1.82) is 0 Å². The number of para-hydroxylation sites is 1. The molecule has 0 bridgehead atoms. The minimum atomic E-state index is 0.339. The summed E-state index contributed by atoms with van der Waals surface area (Å²) in [5.74, 6) is 1.60. The molecule has 0 aliphatic rings. The molecule has 6 heteroatoms. The maximum Gasteiger partial charge on any atom is 0.154 e. The van der Waals surface area contributed by atoms with E-state index in [1.54, 1.807) is 0 Å². The molecule has 3 aromatic rings. The average molecular weight is 546 g/mol. The summed E-state index contributed by atoms with van der Waals surface area (Å²) in [6.45, 7) is 10.0. The Morgan fingerprint density at radius 1 is 1.03 bits per heavy atom. The molecule has 1 heterocycles. The van der Waals surface area contributed by atoms with E-state index in [1.165, 1.54) is 6.42 Å². The number of fused-ring (bicyclic) bond motifs is 1. The van der Waals surface area contributed by atoms with Crippen molar-refractivity contribution < 1.29 is 0 Å². The molecule has 1 atom stereocenters. The Labute approximate surface area is 202 Å². The normalized spacial score (nSPS) is 12.7. The largest absolute Gasteiger partial charge is 0.367 e. The van der Waals surface area contributed by atoms with Gasteiger partial charge in [0.1, 0.15) is 5.82 Å². The summed E-state index contributed by atoms with van der Waals surface area (Å²) < 4.78 is 2.07. The molecule has 0 saturated heterocycles. The molecule has 0 unspecified atom stereocenters. The van der Waals surface area contributed by atoms with Crippen LogP contribution in [0.15, 0.2) is 51.4 Å². The van der Waals surface area contributed by atoms with Gasteiger partial charge in [-0.1, -0.05) is 70.0 Å². The standard InChI is InChI=1S/C25H30Br2N4/c1-4-31(5-2)16-8-9-18(3)28-25-21-10-6-7-11-23(21)29-24(30-25)15-13-19-12-14-20(26)17-22(19)27/h6-7,10-15,17-18H,4-5,8-9,16H2,1-3H3,(H,28,29,30)/b15-13+/t18-/m1/s1. The van der Waals surface area contributed by atoms with Crippen LogP contribution in [-0.4, -0.2) is 40.5 Å². The Morgan fingerprint density at radius 2 is 1.81 bits per heavy atom. The molecule has 0 spiro atoms. The lowest BCUT2D eigenvalue weighted by Crippen LogP contribution is -2.25. The number of aromatic nitrogens is 2. The van der Waals surface area contributed by atoms with Crippen LogP contribution < -0.4 is 5.32 Å². The van der Waals surface area contributed by atoms with Crippen molar-refractivity contribution in [3.63, 3.8) is 0 Å². The minimum absolute atomic E-state index is 0.339. The van der Waals surface area contributed by atoms with Crippen molar-refractivity contribution in [3.8, 4) is 0 Å². The number of nitrogens with zero attached hydrogens (tertiary/aromatic N) is 3. The van der Waals surface area contributed by atoms with Crippen LogP contribution in [0.5, 0.6) is 0 Å². The van der Waals surface area contributed by atoms with Crippen molar-refractivity contribution in [3.05, 3.63) is 62.8 Å². The Hall–Kier alpha value is -1.76. The van der Waals surface area contributed by atoms with E-state index < -0.39 is 0 Å². The van der Waals surface area contributed by atoms with Crippen molar-refractivity contribution in [1.82, 2.24) is 14.9 Å². The van der Waals surface area contributed by atoms with Gasteiger partial charge in [0.25, 0.3) is 0 Å². The molecule has 3 rings (SSSR count). The Balaban J connectivity index is 1.78. The lowest BCUT2D eigenvalue weighted by atomic mass is 10.1. The molecule has 31 heavy (non-hydrogen) atoms. The maximum absolute atomic E-state index is 4.83. The molecule has 0 fully saturated rings. The molecule has 164 valence electrons. The zero-order chi connectivity index (χ0) is 22.2. The summed E-state index contributed by atoms with van der Waals surface area (Å²) in [5.41, 5.74) is 2.03. The molecule has 1 N–H and O–H groups in total. The summed E-state index contributed by atoms with van der Waals surface area (Å²) >= 11 is 7.11. The smallest absolute Gasteiger partial charge is 0.154 e. The van der Waals surface area contributed by atoms with Gasteiger partial charge in [-0.15, -0.1) is 0 Å². The van der Waals surface area contributed by atoms with Gasteiger partial charge in [0.05, 0.1) is 5.52 Å². The van der Waals surface area contributed by atoms with E-state index in [4.69, 9.17) is 9.97 Å². The van der Waals surface area contributed by atoms with Gasteiger partial charge in [0.2, 0.25) is 0 Å². The number of halogens is 2. The summed E-state index contributed by atoms with van der Waals surface area (Å²) in [6, 6.07) is 14.6. The van der Waals surface area contributed by atoms with Crippen LogP contribution in [0.25, 0.3) is 23.1 Å². The highest BCUT2D eigenvalue weighted by atomic mass is 79.9. The molecular formula is C25H30Br2N4. The summed E-state index contributed by atoms with van der Waals surface area (Å²) in [6.07, 6.45) is 6.28. The first-order chi connectivity index (χ1) is 15.0. The second kappa shape index (κ2) is 11.7. The number of hydrogen-bond donors (Lipinski definition) is 1. The first-order valence-corrected chi connectivity index (χ1v) is 12.5. The fraction of sp³-hybridized carbons (Fsp3) is 0.360. The first kappa shape index (κ1) is 23.9. The highest BCUT2D eigenvalue weighted by Crippen LogP contribution is 2.25. The number of rotatable bonds is 10. The van der Waals surface area contributed by atoms with Gasteiger partial charge in [-0.3, -0.25) is 0 Å². The van der Waals surface area contributed by atoms with Crippen LogP contribution >= 0.6 is 31.9 Å². The third-order valence-corrected chi connectivity index (χ3v) is 6.56. The van der Waals surface area contributed by atoms with Crippen LogP contribution in [0.4, 0.5) is 5.82 Å². The lowest BCUT2D eigenvalue weighted by molar-refractivity contribution is 0.295. The predicted molar refractivity (Wildman–Crippen MR) is 140 cm³/mol. The monoisotopic (exact) mass is 544 g/mol. The van der Waals surface area contributed by atoms with E-state index >= 15 is 0 Å². The average Bonchev–Trinajstić information content (AvgIpc) is 2.76. The third kappa shape index (κ3) is 6.86. The quantitative estimate of drug-likeness (QED) is 0.291. The molecule has 0 aliphatic heterocycles. The topological polar surface area (TPSA) is 41.0 Å². The Bertz CT molecular complexity index is 1030. The van der Waals surface area contributed by atoms with E-state index in [2.05, 4.69) is 75.0 Å². The van der Waals surface area contributed by atoms with Crippen molar-refractivity contribution in [2.24, 2.45) is 0 Å². The summed E-state index contributed by atoms with van der Waals surface area (Å²) in [5, 5.41) is 4.69. The molecule has 0 amide bonds. The van der Waals surface area contributed by atoms with E-state index in [-0.39, 0.29) is 0 Å². The molecule has 2 aromatic carbocycles. The molecule has 0 radical (unpaired) electrons. The predicted octanol–water partition coefficient (Wildman–Crippen LogP) is 7.25. The van der Waals surface area contributed by atoms with Gasteiger partial charge in [-0.25, -0.2) is 9.97 Å². The van der Waals surface area contributed by atoms with E-state index in [1.807, 2.05) is 42.5 Å². The second-order valence-electron chi connectivity index (χ2n) is 7.66. The van der Waals surface area contributed by atoms with Crippen molar-refractivity contribution in [2.75, 3.05) is 25.0 Å². The van der Waals surface area contributed by atoms with E-state index in [0.717, 1.165) is 57.3 Å². The fourth-order valence-electron chi connectivity index (χ4n) is 3.55. The van der Waals surface area contributed by atoms with E-state index in [0.29, 0.717) is 11.9 Å². The molecule has 0 saturated carbocycles. The van der Waals surface area contributed by atoms with Crippen molar-refractivity contribution in [2.45, 2.75) is 39.7 Å². The zero-order valence-corrected chi connectivity index (χ0v) is 21.6. The first-order valence-electron chi connectivity index (χ1n) is 10.9. The minimum Gasteiger partial charge on any atom is -0.367 e. The highest BCUT2D eigenvalue weighted by Gasteiger charge is 2.10. The Kier molecular flexibility index (Phi) is 9.05.